The molecule has 1 heterocycles. The van der Waals surface area contributed by atoms with Gasteiger partial charge in [-0.1, -0.05) is 87.5 Å². The van der Waals surface area contributed by atoms with Crippen LogP contribution in [0.15, 0.2) is 78.9 Å². The van der Waals surface area contributed by atoms with E-state index in [1.165, 1.54) is 22.3 Å². The van der Waals surface area contributed by atoms with Crippen LogP contribution in [0.2, 0.25) is 0 Å². The minimum absolute atomic E-state index is 0.0424. The molecule has 0 spiro atoms. The van der Waals surface area contributed by atoms with Gasteiger partial charge in [-0.2, -0.15) is 0 Å². The highest BCUT2D eigenvalue weighted by Gasteiger charge is 2.29. The van der Waals surface area contributed by atoms with Gasteiger partial charge in [-0.25, -0.2) is 0 Å². The minimum Gasteiger partial charge on any atom is -0.481 e. The van der Waals surface area contributed by atoms with Gasteiger partial charge in [-0.3, -0.25) is 9.69 Å². The van der Waals surface area contributed by atoms with Crippen molar-refractivity contribution in [3.8, 4) is 5.75 Å². The highest BCUT2D eigenvalue weighted by atomic mass is 16.5. The summed E-state index contributed by atoms with van der Waals surface area (Å²) in [5.41, 5.74) is 5.21. The number of nitrogens with one attached hydrogen (secondary N) is 1. The molecule has 0 aliphatic carbocycles. The molecule has 0 fully saturated rings. The first-order chi connectivity index (χ1) is 16.5. The van der Waals surface area contributed by atoms with E-state index in [9.17, 15) is 4.79 Å². The number of carbonyl (C=O) groups is 1. The van der Waals surface area contributed by atoms with Crippen LogP contribution >= 0.6 is 0 Å². The first-order valence-corrected chi connectivity index (χ1v) is 12.4. The Labute approximate surface area is 204 Å². The number of carbonyl (C=O) groups excluding carboxylic acids is 1. The third-order valence-corrected chi connectivity index (χ3v) is 6.42. The molecule has 0 saturated carbocycles. The monoisotopic (exact) mass is 456 g/mol. The number of rotatable bonds is 9. The van der Waals surface area contributed by atoms with Crippen LogP contribution in [0.4, 0.5) is 0 Å². The molecule has 1 aliphatic heterocycles. The lowest BCUT2D eigenvalue weighted by Gasteiger charge is -2.38. The van der Waals surface area contributed by atoms with E-state index >= 15 is 0 Å². The van der Waals surface area contributed by atoms with Crippen LogP contribution in [0.1, 0.15) is 55.5 Å². The smallest absolute Gasteiger partial charge is 0.261 e. The van der Waals surface area contributed by atoms with Crippen molar-refractivity contribution in [2.45, 2.75) is 52.3 Å². The molecule has 34 heavy (non-hydrogen) atoms. The van der Waals surface area contributed by atoms with E-state index < -0.39 is 6.10 Å². The Morgan fingerprint density at radius 2 is 1.74 bits per heavy atom. The van der Waals surface area contributed by atoms with E-state index in [0.29, 0.717) is 18.9 Å². The first-order valence-electron chi connectivity index (χ1n) is 12.4. The van der Waals surface area contributed by atoms with Crippen LogP contribution in [-0.2, 0) is 17.8 Å². The van der Waals surface area contributed by atoms with Gasteiger partial charge < -0.3 is 10.1 Å². The predicted molar refractivity (Wildman–Crippen MR) is 138 cm³/mol. The fourth-order valence-electron chi connectivity index (χ4n) is 4.64. The summed E-state index contributed by atoms with van der Waals surface area (Å²) in [6.07, 6.45) is 1.14. The average molecular weight is 457 g/mol. The highest BCUT2D eigenvalue weighted by Crippen LogP contribution is 2.38. The van der Waals surface area contributed by atoms with E-state index in [4.69, 9.17) is 4.74 Å². The van der Waals surface area contributed by atoms with Gasteiger partial charge in [0.2, 0.25) is 0 Å². The Morgan fingerprint density at radius 3 is 2.41 bits per heavy atom. The Kier molecular flexibility index (Phi) is 8.02. The van der Waals surface area contributed by atoms with Crippen LogP contribution in [0.25, 0.3) is 0 Å². The molecular formula is C30H36N2O2. The fraction of sp³-hybridized carbons (Fsp3) is 0.367. The summed E-state index contributed by atoms with van der Waals surface area (Å²) in [6, 6.07) is 27.9. The number of ether oxygens (including phenoxy) is 1. The molecule has 0 saturated heterocycles. The van der Waals surface area contributed by atoms with Crippen LogP contribution < -0.4 is 10.1 Å². The second kappa shape index (κ2) is 11.3. The van der Waals surface area contributed by atoms with E-state index in [2.05, 4.69) is 96.9 Å². The zero-order valence-electron chi connectivity index (χ0n) is 20.5. The lowest BCUT2D eigenvalue weighted by molar-refractivity contribution is -0.128. The molecule has 4 heteroatoms. The second-order valence-corrected chi connectivity index (χ2v) is 9.53. The summed E-state index contributed by atoms with van der Waals surface area (Å²) in [4.78, 5) is 15.2. The average Bonchev–Trinajstić information content (AvgIpc) is 2.86. The normalized spacial score (nSPS) is 16.6. The van der Waals surface area contributed by atoms with Crippen molar-refractivity contribution in [1.82, 2.24) is 10.2 Å². The number of hydrogen-bond donors (Lipinski definition) is 1. The number of fused-ring (bicyclic) bond motifs is 1. The lowest BCUT2D eigenvalue weighted by Crippen LogP contribution is -2.39. The van der Waals surface area contributed by atoms with Gasteiger partial charge in [0.15, 0.2) is 6.10 Å². The summed E-state index contributed by atoms with van der Waals surface area (Å²) < 4.78 is 6.23. The molecule has 1 amide bonds. The fourth-order valence-corrected chi connectivity index (χ4v) is 4.64. The van der Waals surface area contributed by atoms with Gasteiger partial charge in [-0.15, -0.1) is 0 Å². The molecule has 0 radical (unpaired) electrons. The van der Waals surface area contributed by atoms with Gasteiger partial charge in [0, 0.05) is 19.6 Å². The quantitative estimate of drug-likeness (QED) is 0.445. The maximum Gasteiger partial charge on any atom is 0.261 e. The van der Waals surface area contributed by atoms with Crippen molar-refractivity contribution in [2.75, 3.05) is 13.1 Å². The number of hydrogen-bond acceptors (Lipinski definition) is 3. The molecule has 1 aliphatic rings. The third-order valence-electron chi connectivity index (χ3n) is 6.42. The molecule has 0 bridgehead atoms. The summed E-state index contributed by atoms with van der Waals surface area (Å²) in [7, 11) is 0. The van der Waals surface area contributed by atoms with Crippen molar-refractivity contribution in [3.63, 3.8) is 0 Å². The van der Waals surface area contributed by atoms with Crippen molar-refractivity contribution < 1.29 is 9.53 Å². The number of amides is 1. The topological polar surface area (TPSA) is 41.6 Å². The standard InChI is InChI=1S/C30H36N2O2/c1-4-28(30(33)31-20-22(2)3)34-26-16-15-24-17-18-32(21-23-11-7-5-8-12-23)29(27(24)19-26)25-13-9-6-10-14-25/h5-16,19,22,28-29H,4,17-18,20-21H2,1-3H3,(H,31,33). The van der Waals surface area contributed by atoms with E-state index in [-0.39, 0.29) is 11.9 Å². The summed E-state index contributed by atoms with van der Waals surface area (Å²) >= 11 is 0. The second-order valence-electron chi connectivity index (χ2n) is 9.53. The van der Waals surface area contributed by atoms with Gasteiger partial charge in [0.25, 0.3) is 5.91 Å². The number of nitrogens with zero attached hydrogens (tertiary/aromatic N) is 1. The van der Waals surface area contributed by atoms with E-state index in [1.807, 2.05) is 13.0 Å². The molecule has 4 rings (SSSR count). The first kappa shape index (κ1) is 24.0. The Morgan fingerprint density at radius 1 is 1.03 bits per heavy atom. The van der Waals surface area contributed by atoms with Gasteiger partial charge in [-0.05, 0) is 53.1 Å². The molecule has 4 nitrogen and oxygen atoms in total. The Bertz CT molecular complexity index is 1070. The maximum atomic E-state index is 12.7. The van der Waals surface area contributed by atoms with Crippen molar-refractivity contribution in [2.24, 2.45) is 5.92 Å². The van der Waals surface area contributed by atoms with Crippen molar-refractivity contribution in [3.05, 3.63) is 101 Å². The Balaban J connectivity index is 1.62. The van der Waals surface area contributed by atoms with E-state index in [0.717, 1.165) is 25.3 Å². The molecule has 178 valence electrons. The molecule has 1 N–H and O–H groups in total. The largest absolute Gasteiger partial charge is 0.481 e. The summed E-state index contributed by atoms with van der Waals surface area (Å²) in [5, 5.41) is 3.01. The zero-order valence-corrected chi connectivity index (χ0v) is 20.5. The minimum atomic E-state index is -0.490. The summed E-state index contributed by atoms with van der Waals surface area (Å²) in [6.45, 7) is 8.73. The lowest BCUT2D eigenvalue weighted by atomic mass is 9.87. The molecule has 0 aromatic heterocycles. The van der Waals surface area contributed by atoms with Crippen LogP contribution in [-0.4, -0.2) is 30.0 Å². The van der Waals surface area contributed by atoms with Crippen molar-refractivity contribution in [1.29, 1.82) is 0 Å². The molecule has 2 unspecified atom stereocenters. The SMILES string of the molecule is CCC(Oc1ccc2c(c1)C(c1ccccc1)N(Cc1ccccc1)CC2)C(=O)NCC(C)C. The number of benzene rings is 3. The van der Waals surface area contributed by atoms with Crippen LogP contribution in [0.3, 0.4) is 0 Å². The zero-order chi connectivity index (χ0) is 23.9. The maximum absolute atomic E-state index is 12.7. The van der Waals surface area contributed by atoms with E-state index in [1.54, 1.807) is 0 Å². The molecular weight excluding hydrogens is 420 g/mol. The van der Waals surface area contributed by atoms with Gasteiger partial charge in [0.05, 0.1) is 6.04 Å². The van der Waals surface area contributed by atoms with Gasteiger partial charge >= 0.3 is 0 Å². The highest BCUT2D eigenvalue weighted by molar-refractivity contribution is 5.81. The summed E-state index contributed by atoms with van der Waals surface area (Å²) in [5.74, 6) is 1.12. The van der Waals surface area contributed by atoms with Crippen LogP contribution in [0.5, 0.6) is 5.75 Å². The van der Waals surface area contributed by atoms with Gasteiger partial charge in [0.1, 0.15) is 5.75 Å². The third kappa shape index (κ3) is 5.87. The predicted octanol–water partition coefficient (Wildman–Crippen LogP) is 5.76. The molecule has 3 aromatic carbocycles. The Hall–Kier alpha value is -3.11. The molecule has 3 aromatic rings. The molecule has 2 atom stereocenters. The van der Waals surface area contributed by atoms with Crippen molar-refractivity contribution >= 4 is 5.91 Å². The van der Waals surface area contributed by atoms with Crippen LogP contribution in [0, 0.1) is 5.92 Å².